The smallest absolute Gasteiger partial charge is 0.341 e. The lowest BCUT2D eigenvalue weighted by molar-refractivity contribution is -0.385. The molecule has 2 aliphatic carbocycles. The van der Waals surface area contributed by atoms with Crippen molar-refractivity contribution in [1.29, 1.82) is 0 Å². The Balaban J connectivity index is 0.000000210. The standard InChI is InChI=1S/C21H26N2O7.C19H22N2O6.C18H19ClN2O5S2.C18H20N2O5S2.C17H18N2O6/c1-12(2)30-21(25)18-14(4)22-13(3)17(20(24)29-10-9-28-5)19(18)15-7-6-8-16(11-15)23(26)27;1-5-26-18(22)15-11(3)20-12(4)16(19(23)27-6-2)17(15)13-8-7-9-14(10-13)21(24)25;1-2-26-17(22)15-11-7-3-5-9-13(11)27-16(15)20-18(23)21-28(24,25)14-10-6-4-8-12(14)19;1-11-7-9-12(10-8-11)27(23,24)20-18(22)19-16-15(17(21)25-2)13-5-3-4-6-14(13)26-16;1-9-13(16(20)24-3)15(14(10(2)18-9)17(21)25-4)11-6-5-7-12(8-11)19(22)23/h6-8,11-12,19,22H,9-10H2,1-5H3;7-10,17,20H,5-6H2,1-4H3;4,6,8,10H,2-3,5,7,9H2,1H3,(H2,20,21,23);7-10H,3-6H2,1-2H3,(H2,19,20,22);5-8,15,18H,1-4H3. The zero-order chi connectivity index (χ0) is 101. The van der Waals surface area contributed by atoms with Crippen LogP contribution in [0.5, 0.6) is 0 Å². The van der Waals surface area contributed by atoms with Gasteiger partial charge in [-0.05, 0) is 187 Å². The van der Waals surface area contributed by atoms with Gasteiger partial charge in [0, 0.05) is 87.4 Å². The van der Waals surface area contributed by atoms with Crippen molar-refractivity contribution in [3.05, 3.63) is 279 Å². The van der Waals surface area contributed by atoms with Gasteiger partial charge in [0.15, 0.2) is 0 Å². The summed E-state index contributed by atoms with van der Waals surface area (Å²) in [6.07, 6.45) is 6.64. The lowest BCUT2D eigenvalue weighted by atomic mass is 9.80. The number of dihydropyridines is 3. The fourth-order valence-electron chi connectivity index (χ4n) is 15.3. The molecule has 0 radical (unpaired) electrons. The second-order valence-corrected chi connectivity index (χ2v) is 36.8. The number of carbonyl (C=O) groups excluding carboxylic acids is 10. The van der Waals surface area contributed by atoms with Gasteiger partial charge in [-0.25, -0.2) is 74.2 Å². The number of rotatable bonds is 27. The summed E-state index contributed by atoms with van der Waals surface area (Å²) in [5.41, 5.74) is 8.47. The van der Waals surface area contributed by atoms with Gasteiger partial charge in [-0.2, -0.15) is 0 Å². The SMILES string of the molecule is CCOC(=O)C1=C(C)NC(C)=C(C(=O)OCC)C1c1cccc([N+](=O)[O-])c1.CCOC(=O)c1c(NC(=O)NS(=O)(=O)c2ccccc2Cl)sc2c1CCCC2.COC(=O)C1=C(C)NC(C)=C(C(=O)OC)C1c1cccc([N+](=O)[O-])c1.COC(=O)c1c(NC(=O)NS(=O)(=O)c2ccc(C)cc2)sc2c1CCCC2.COCCOC(=O)C1=C(C)NC(C)=C(C(=O)OC(C)C)C1c1cccc([N+](=O)[O-])c1. The van der Waals surface area contributed by atoms with Gasteiger partial charge in [0.2, 0.25) is 0 Å². The summed E-state index contributed by atoms with van der Waals surface area (Å²) in [5.74, 6) is -7.29. The zero-order valence-electron chi connectivity index (χ0n) is 77.7. The highest BCUT2D eigenvalue weighted by Gasteiger charge is 2.43. The van der Waals surface area contributed by atoms with E-state index in [1.54, 1.807) is 113 Å². The minimum absolute atomic E-state index is 0.00148. The number of sulfonamides is 2. The number of fused-ring (bicyclic) bond motifs is 2. The fourth-order valence-corrected chi connectivity index (χ4v) is 20.2. The molecular weight excluding hydrogens is 1880 g/mol. The molecule has 0 saturated heterocycles. The predicted molar refractivity (Wildman–Crippen MR) is 505 cm³/mol. The van der Waals surface area contributed by atoms with Crippen molar-refractivity contribution in [2.75, 3.05) is 72.1 Å². The van der Waals surface area contributed by atoms with E-state index in [-0.39, 0.29) is 109 Å². The number of benzene rings is 5. The summed E-state index contributed by atoms with van der Waals surface area (Å²) in [6.45, 7) is 21.2. The minimum Gasteiger partial charge on any atom is -0.466 e. The Hall–Kier alpha value is -14.0. The molecule has 137 heavy (non-hydrogen) atoms. The van der Waals surface area contributed by atoms with E-state index < -0.39 is 112 Å². The van der Waals surface area contributed by atoms with E-state index in [1.807, 2.05) is 16.4 Å². The number of nitro benzene ring substituents is 3. The first kappa shape index (κ1) is 108. The van der Waals surface area contributed by atoms with E-state index in [4.69, 9.17) is 54.2 Å². The van der Waals surface area contributed by atoms with Crippen LogP contribution in [0.3, 0.4) is 0 Å². The molecule has 44 heteroatoms. The number of urea groups is 2. The number of nitrogens with one attached hydrogen (secondary N) is 7. The maximum atomic E-state index is 12.9. The van der Waals surface area contributed by atoms with Gasteiger partial charge in [-0.15, -0.1) is 22.7 Å². The number of nitrogens with zero attached hydrogens (tertiary/aromatic N) is 3. The summed E-state index contributed by atoms with van der Waals surface area (Å²) in [7, 11) is -2.94. The molecule has 732 valence electrons. The monoisotopic (exact) mass is 1990 g/mol. The molecule has 4 amide bonds. The molecule has 2 aromatic heterocycles. The van der Waals surface area contributed by atoms with Crippen LogP contribution in [0.1, 0.15) is 183 Å². The van der Waals surface area contributed by atoms with Gasteiger partial charge in [0.25, 0.3) is 37.1 Å². The van der Waals surface area contributed by atoms with Crippen LogP contribution in [0.2, 0.25) is 5.02 Å². The van der Waals surface area contributed by atoms with Gasteiger partial charge in [-0.3, -0.25) is 41.0 Å². The molecule has 1 atom stereocenters. The van der Waals surface area contributed by atoms with Crippen LogP contribution >= 0.6 is 34.3 Å². The van der Waals surface area contributed by atoms with Crippen molar-refractivity contribution in [3.8, 4) is 0 Å². The number of carbonyl (C=O) groups is 10. The highest BCUT2D eigenvalue weighted by atomic mass is 35.5. The summed E-state index contributed by atoms with van der Waals surface area (Å²) in [6, 6.07) is 27.6. The Morgan fingerprint density at radius 1 is 0.431 bits per heavy atom. The average molecular weight is 1990 g/mol. The molecule has 7 aromatic rings. The lowest BCUT2D eigenvalue weighted by Crippen LogP contribution is -2.34. The Morgan fingerprint density at radius 2 is 0.774 bits per heavy atom. The predicted octanol–water partition coefficient (Wildman–Crippen LogP) is 15.3. The number of hydrogen-bond donors (Lipinski definition) is 7. The first-order valence-corrected chi connectivity index (χ1v) is 47.6. The molecule has 7 N–H and O–H groups in total. The summed E-state index contributed by atoms with van der Waals surface area (Å²) in [4.78, 5) is 159. The summed E-state index contributed by atoms with van der Waals surface area (Å²) < 4.78 is 99.0. The van der Waals surface area contributed by atoms with Crippen molar-refractivity contribution in [2.24, 2.45) is 0 Å². The normalized spacial score (nSPS) is 14.6. The summed E-state index contributed by atoms with van der Waals surface area (Å²) >= 11 is 8.48. The van der Waals surface area contributed by atoms with Gasteiger partial charge in [0.1, 0.15) is 21.5 Å². The molecule has 0 fully saturated rings. The molecule has 0 bridgehead atoms. The number of non-ortho nitro benzene ring substituents is 3. The zero-order valence-corrected chi connectivity index (χ0v) is 81.8. The first-order valence-electron chi connectivity index (χ1n) is 42.6. The topological polar surface area (TPSA) is 536 Å². The number of esters is 8. The third kappa shape index (κ3) is 27.4. The lowest BCUT2D eigenvalue weighted by Gasteiger charge is -2.30. The van der Waals surface area contributed by atoms with Crippen LogP contribution in [0.4, 0.5) is 36.7 Å². The van der Waals surface area contributed by atoms with E-state index >= 15 is 0 Å². The second-order valence-electron chi connectivity index (χ2n) is 30.9. The Labute approximate surface area is 802 Å². The summed E-state index contributed by atoms with van der Waals surface area (Å²) in [5, 5.41) is 48.2. The molecule has 0 saturated carbocycles. The minimum atomic E-state index is -4.16. The van der Waals surface area contributed by atoms with E-state index in [2.05, 4.69) is 26.6 Å². The van der Waals surface area contributed by atoms with Crippen LogP contribution in [0, 0.1) is 37.3 Å². The third-order valence-electron chi connectivity index (χ3n) is 21.2. The van der Waals surface area contributed by atoms with E-state index in [0.717, 1.165) is 77.8 Å². The average Bonchev–Trinajstić information content (AvgIpc) is 1.70. The van der Waals surface area contributed by atoms with Gasteiger partial charge >= 0.3 is 59.8 Å². The van der Waals surface area contributed by atoms with Gasteiger partial charge in [-0.1, -0.05) is 77.8 Å². The number of thiophene rings is 2. The van der Waals surface area contributed by atoms with Gasteiger partial charge < -0.3 is 58.6 Å². The number of allylic oxidation sites excluding steroid dienone is 6. The van der Waals surface area contributed by atoms with Crippen LogP contribution < -0.4 is 36.0 Å². The van der Waals surface area contributed by atoms with E-state index in [0.29, 0.717) is 67.0 Å². The molecule has 1 unspecified atom stereocenters. The third-order valence-corrected chi connectivity index (χ3v) is 26.8. The molecule has 0 spiro atoms. The number of ether oxygens (including phenoxy) is 9. The Kier molecular flexibility index (Phi) is 39.1. The van der Waals surface area contributed by atoms with Crippen LogP contribution in [-0.4, -0.2) is 159 Å². The molecule has 5 aromatic carbocycles. The number of halogens is 1. The number of nitro groups is 3. The quantitative estimate of drug-likeness (QED) is 0.00826. The maximum absolute atomic E-state index is 12.9. The number of amides is 4. The highest BCUT2D eigenvalue weighted by Crippen LogP contribution is 2.46. The molecule has 3 aliphatic heterocycles. The molecule has 5 heterocycles. The number of hydrogen-bond acceptors (Lipinski definition) is 34. The Morgan fingerprint density at radius 3 is 1.13 bits per heavy atom. The maximum Gasteiger partial charge on any atom is 0.341 e. The van der Waals surface area contributed by atoms with Crippen LogP contribution in [-0.2, 0) is 117 Å². The largest absolute Gasteiger partial charge is 0.466 e. The molecular formula is C93H105ClN10O29S4. The van der Waals surface area contributed by atoms with Crippen molar-refractivity contribution >= 4 is 141 Å². The van der Waals surface area contributed by atoms with Crippen LogP contribution in [0.15, 0.2) is 199 Å². The molecule has 12 rings (SSSR count). The van der Waals surface area contributed by atoms with Crippen molar-refractivity contribution in [3.63, 3.8) is 0 Å². The van der Waals surface area contributed by atoms with E-state index in [1.165, 1.54) is 136 Å². The Bertz CT molecular complexity index is 6210. The van der Waals surface area contributed by atoms with Crippen molar-refractivity contribution in [2.45, 2.75) is 168 Å². The van der Waals surface area contributed by atoms with E-state index in [9.17, 15) is 95.1 Å². The van der Waals surface area contributed by atoms with Crippen molar-refractivity contribution in [1.82, 2.24) is 25.4 Å². The first-order chi connectivity index (χ1) is 64.9. The van der Waals surface area contributed by atoms with Crippen molar-refractivity contribution < 1.29 is 122 Å². The number of anilines is 2. The number of methoxy groups -OCH3 is 4. The second kappa shape index (κ2) is 49.5. The highest BCUT2D eigenvalue weighted by molar-refractivity contribution is 7.90. The molecule has 5 aliphatic rings. The number of aryl methyl sites for hydroxylation is 3. The molecule has 39 nitrogen and oxygen atoms in total. The fraction of sp³-hybridized carbons (Fsp3) is 0.355. The van der Waals surface area contributed by atoms with Gasteiger partial charge in [0.05, 0.1) is 141 Å². The van der Waals surface area contributed by atoms with Crippen LogP contribution in [0.25, 0.3) is 0 Å².